The third-order valence-corrected chi connectivity index (χ3v) is 3.84. The number of carboxylic acids is 1. The van der Waals surface area contributed by atoms with E-state index < -0.39 is 5.97 Å². The molecule has 1 aliphatic carbocycles. The van der Waals surface area contributed by atoms with Gasteiger partial charge in [0.05, 0.1) is 0 Å². The first-order valence-corrected chi connectivity index (χ1v) is 7.83. The Balaban J connectivity index is 0.000000491. The molecule has 0 aromatic heterocycles. The highest BCUT2D eigenvalue weighted by molar-refractivity contribution is 5.78. The Morgan fingerprint density at radius 3 is 2.24 bits per heavy atom. The van der Waals surface area contributed by atoms with Crippen molar-refractivity contribution in [1.82, 2.24) is 0 Å². The van der Waals surface area contributed by atoms with Crippen LogP contribution in [-0.2, 0) is 16.0 Å². The number of hydrogen-bond donors (Lipinski definition) is 1. The summed E-state index contributed by atoms with van der Waals surface area (Å²) < 4.78 is 0. The van der Waals surface area contributed by atoms with Crippen LogP contribution in [0.3, 0.4) is 0 Å². The van der Waals surface area contributed by atoms with Crippen LogP contribution in [0.15, 0.2) is 30.3 Å². The van der Waals surface area contributed by atoms with Crippen LogP contribution in [0.25, 0.3) is 0 Å². The predicted molar refractivity (Wildman–Crippen MR) is 84.3 cm³/mol. The van der Waals surface area contributed by atoms with E-state index in [9.17, 15) is 4.79 Å². The van der Waals surface area contributed by atoms with E-state index in [2.05, 4.69) is 12.1 Å². The molecule has 0 atom stereocenters. The first-order chi connectivity index (χ1) is 10.1. The monoisotopic (exact) mass is 290 g/mol. The molecule has 0 unspecified atom stereocenters. The Morgan fingerprint density at radius 2 is 1.67 bits per heavy atom. The molecule has 1 aromatic carbocycles. The van der Waals surface area contributed by atoms with Gasteiger partial charge in [-0.1, -0.05) is 56.0 Å². The molecule has 21 heavy (non-hydrogen) atoms. The van der Waals surface area contributed by atoms with E-state index in [0.29, 0.717) is 5.78 Å². The summed E-state index contributed by atoms with van der Waals surface area (Å²) in [5.41, 5.74) is 1.28. The summed E-state index contributed by atoms with van der Waals surface area (Å²) in [5, 5.41) is 7.42. The number of carbonyl (C=O) groups excluding carboxylic acids is 1. The Bertz CT molecular complexity index is 415. The number of carboxylic acid groups (broad SMARTS) is 1. The molecule has 2 rings (SSSR count). The number of aliphatic carboxylic acids is 1. The highest BCUT2D eigenvalue weighted by Gasteiger charge is 2.15. The van der Waals surface area contributed by atoms with Crippen LogP contribution in [0, 0.1) is 5.92 Å². The van der Waals surface area contributed by atoms with E-state index in [1.807, 2.05) is 18.2 Å². The van der Waals surface area contributed by atoms with Crippen molar-refractivity contribution in [2.45, 2.75) is 58.3 Å². The van der Waals surface area contributed by atoms with Crippen molar-refractivity contribution in [2.75, 3.05) is 0 Å². The smallest absolute Gasteiger partial charge is 0.300 e. The minimum absolute atomic E-state index is 0.445. The van der Waals surface area contributed by atoms with E-state index in [-0.39, 0.29) is 0 Å². The lowest BCUT2D eigenvalue weighted by atomic mass is 9.98. The molecule has 1 fully saturated rings. The van der Waals surface area contributed by atoms with Gasteiger partial charge in [-0.2, -0.15) is 0 Å². The van der Waals surface area contributed by atoms with Gasteiger partial charge in [-0.25, -0.2) is 0 Å². The maximum atomic E-state index is 11.8. The zero-order valence-corrected chi connectivity index (χ0v) is 12.9. The van der Waals surface area contributed by atoms with E-state index in [1.54, 1.807) is 0 Å². The van der Waals surface area contributed by atoms with Crippen molar-refractivity contribution in [3.63, 3.8) is 0 Å². The lowest BCUT2D eigenvalue weighted by Gasteiger charge is -2.07. The highest BCUT2D eigenvalue weighted by Crippen LogP contribution is 2.28. The average Bonchev–Trinajstić information content (AvgIpc) is 2.97. The van der Waals surface area contributed by atoms with Gasteiger partial charge in [-0.3, -0.25) is 9.59 Å². The number of carbonyl (C=O) groups is 2. The van der Waals surface area contributed by atoms with Crippen molar-refractivity contribution in [2.24, 2.45) is 5.92 Å². The normalized spacial score (nSPS) is 14.3. The average molecular weight is 290 g/mol. The SMILES string of the molecule is CC(=O)O.O=C(CCc1ccccc1)CCC1CCCC1. The van der Waals surface area contributed by atoms with Gasteiger partial charge in [0, 0.05) is 19.8 Å². The molecule has 0 bridgehead atoms. The standard InChI is InChI=1S/C16H22O.C2H4O2/c17-16(13-11-15-8-4-5-9-15)12-10-14-6-2-1-3-7-14;1-2(3)4/h1-3,6-7,15H,4-5,8-13H2;1H3,(H,3,4). The number of benzene rings is 1. The van der Waals surface area contributed by atoms with Crippen LogP contribution >= 0.6 is 0 Å². The first kappa shape index (κ1) is 17.4. The third kappa shape index (κ3) is 9.01. The molecule has 116 valence electrons. The molecular formula is C18H26O3. The summed E-state index contributed by atoms with van der Waals surface area (Å²) in [6.45, 7) is 1.08. The molecule has 3 nitrogen and oxygen atoms in total. The van der Waals surface area contributed by atoms with Crippen LogP contribution in [0.5, 0.6) is 0 Å². The molecule has 0 radical (unpaired) electrons. The fourth-order valence-corrected chi connectivity index (χ4v) is 2.72. The van der Waals surface area contributed by atoms with Crippen LogP contribution in [-0.4, -0.2) is 16.9 Å². The van der Waals surface area contributed by atoms with Gasteiger partial charge in [0.25, 0.3) is 5.97 Å². The van der Waals surface area contributed by atoms with Gasteiger partial charge in [0.2, 0.25) is 0 Å². The van der Waals surface area contributed by atoms with Crippen LogP contribution in [0.2, 0.25) is 0 Å². The maximum absolute atomic E-state index is 11.8. The number of Topliss-reactive ketones (excluding diaryl/α,β-unsaturated/α-hetero) is 1. The molecule has 1 N–H and O–H groups in total. The summed E-state index contributed by atoms with van der Waals surface area (Å²) in [4.78, 5) is 20.8. The first-order valence-electron chi connectivity index (χ1n) is 7.83. The largest absolute Gasteiger partial charge is 0.481 e. The predicted octanol–water partition coefficient (Wildman–Crippen LogP) is 4.25. The summed E-state index contributed by atoms with van der Waals surface area (Å²) in [5.74, 6) is 0.455. The third-order valence-electron chi connectivity index (χ3n) is 3.84. The van der Waals surface area contributed by atoms with Crippen LogP contribution in [0.4, 0.5) is 0 Å². The Kier molecular flexibility index (Phi) is 8.41. The molecule has 0 saturated heterocycles. The van der Waals surface area contributed by atoms with Gasteiger partial charge >= 0.3 is 0 Å². The fourth-order valence-electron chi connectivity index (χ4n) is 2.72. The van der Waals surface area contributed by atoms with Crippen molar-refractivity contribution in [3.05, 3.63) is 35.9 Å². The zero-order valence-electron chi connectivity index (χ0n) is 12.9. The van der Waals surface area contributed by atoms with Gasteiger partial charge in [-0.15, -0.1) is 0 Å². The quantitative estimate of drug-likeness (QED) is 0.852. The zero-order chi connectivity index (χ0) is 15.5. The number of ketones is 1. The molecular weight excluding hydrogens is 264 g/mol. The minimum atomic E-state index is -0.833. The van der Waals surface area contributed by atoms with Crippen molar-refractivity contribution >= 4 is 11.8 Å². The number of rotatable bonds is 6. The van der Waals surface area contributed by atoms with E-state index >= 15 is 0 Å². The minimum Gasteiger partial charge on any atom is -0.481 e. The van der Waals surface area contributed by atoms with Crippen LogP contribution < -0.4 is 0 Å². The molecule has 1 aliphatic rings. The Labute approximate surface area is 127 Å². The molecule has 3 heteroatoms. The number of aryl methyl sites for hydroxylation is 1. The fraction of sp³-hybridized carbons (Fsp3) is 0.556. The Morgan fingerprint density at radius 1 is 1.10 bits per heavy atom. The lowest BCUT2D eigenvalue weighted by molar-refractivity contribution is -0.134. The van der Waals surface area contributed by atoms with Gasteiger partial charge in [0.1, 0.15) is 5.78 Å². The van der Waals surface area contributed by atoms with E-state index in [4.69, 9.17) is 9.90 Å². The van der Waals surface area contributed by atoms with Crippen molar-refractivity contribution in [1.29, 1.82) is 0 Å². The molecule has 1 saturated carbocycles. The second-order valence-corrected chi connectivity index (χ2v) is 5.73. The second-order valence-electron chi connectivity index (χ2n) is 5.73. The summed E-state index contributed by atoms with van der Waals surface area (Å²) >= 11 is 0. The summed E-state index contributed by atoms with van der Waals surface area (Å²) in [6, 6.07) is 10.3. The molecule has 0 amide bonds. The topological polar surface area (TPSA) is 54.4 Å². The summed E-state index contributed by atoms with van der Waals surface area (Å²) in [7, 11) is 0. The highest BCUT2D eigenvalue weighted by atomic mass is 16.4. The van der Waals surface area contributed by atoms with Gasteiger partial charge in [0.15, 0.2) is 0 Å². The van der Waals surface area contributed by atoms with Crippen molar-refractivity contribution < 1.29 is 14.7 Å². The second kappa shape index (κ2) is 10.1. The van der Waals surface area contributed by atoms with Crippen LogP contribution in [0.1, 0.15) is 57.4 Å². The molecule has 1 aromatic rings. The summed E-state index contributed by atoms with van der Waals surface area (Å²) in [6.07, 6.45) is 9.02. The lowest BCUT2D eigenvalue weighted by Crippen LogP contribution is -2.03. The molecule has 0 spiro atoms. The van der Waals surface area contributed by atoms with Gasteiger partial charge < -0.3 is 5.11 Å². The van der Waals surface area contributed by atoms with E-state index in [1.165, 1.54) is 31.2 Å². The molecule has 0 heterocycles. The maximum Gasteiger partial charge on any atom is 0.300 e. The number of hydrogen-bond acceptors (Lipinski definition) is 2. The van der Waals surface area contributed by atoms with Gasteiger partial charge in [-0.05, 0) is 24.3 Å². The Hall–Kier alpha value is -1.64. The van der Waals surface area contributed by atoms with E-state index in [0.717, 1.165) is 38.5 Å². The molecule has 0 aliphatic heterocycles. The van der Waals surface area contributed by atoms with Crippen molar-refractivity contribution in [3.8, 4) is 0 Å².